The zero-order valence-corrected chi connectivity index (χ0v) is 13.2. The quantitative estimate of drug-likeness (QED) is 0.919. The maximum atomic E-state index is 12.5. The fourth-order valence-corrected chi connectivity index (χ4v) is 3.05. The summed E-state index contributed by atoms with van der Waals surface area (Å²) in [6, 6.07) is 5.52. The molecule has 6 nitrogen and oxygen atoms in total. The van der Waals surface area contributed by atoms with Crippen LogP contribution >= 0.6 is 0 Å². The van der Waals surface area contributed by atoms with E-state index in [1.807, 2.05) is 19.1 Å². The highest BCUT2D eigenvalue weighted by Crippen LogP contribution is 2.13. The molecular formula is C17H21N3O3. The number of benzene rings is 1. The number of para-hydroxylation sites is 1. The average Bonchev–Trinajstić information content (AvgIpc) is 2.55. The molecule has 1 aliphatic rings. The minimum atomic E-state index is -0.430. The van der Waals surface area contributed by atoms with Crippen molar-refractivity contribution in [2.75, 3.05) is 13.1 Å². The van der Waals surface area contributed by atoms with Gasteiger partial charge in [0.15, 0.2) is 0 Å². The third-order valence-corrected chi connectivity index (χ3v) is 4.37. The lowest BCUT2D eigenvalue weighted by Gasteiger charge is -2.30. The van der Waals surface area contributed by atoms with Crippen molar-refractivity contribution in [3.63, 3.8) is 0 Å². The number of β-amino-alcohol motifs (C(OH)–C–C–N with tert-alkyl or cyclic N) is 1. The number of aryl methyl sites for hydroxylation is 2. The van der Waals surface area contributed by atoms with Gasteiger partial charge in [-0.05, 0) is 31.4 Å². The Morgan fingerprint density at radius 1 is 1.43 bits per heavy atom. The van der Waals surface area contributed by atoms with Crippen molar-refractivity contribution in [3.8, 4) is 0 Å². The van der Waals surface area contributed by atoms with Crippen LogP contribution in [0, 0.1) is 6.92 Å². The third kappa shape index (κ3) is 3.27. The maximum Gasteiger partial charge on any atom is 0.261 e. The first-order valence-corrected chi connectivity index (χ1v) is 7.97. The molecule has 0 aliphatic carbocycles. The van der Waals surface area contributed by atoms with E-state index in [0.717, 1.165) is 18.4 Å². The van der Waals surface area contributed by atoms with E-state index < -0.39 is 6.10 Å². The second kappa shape index (κ2) is 6.50. The Kier molecular flexibility index (Phi) is 4.43. The first-order valence-electron chi connectivity index (χ1n) is 7.97. The fourth-order valence-electron chi connectivity index (χ4n) is 3.05. The molecule has 122 valence electrons. The van der Waals surface area contributed by atoms with E-state index in [1.54, 1.807) is 11.0 Å². The Balaban J connectivity index is 1.73. The average molecular weight is 315 g/mol. The molecule has 0 bridgehead atoms. The fraction of sp³-hybridized carbons (Fsp3) is 0.471. The largest absolute Gasteiger partial charge is 0.391 e. The molecule has 1 saturated heterocycles. The number of hydrogen-bond acceptors (Lipinski definition) is 4. The molecule has 1 amide bonds. The Labute approximate surface area is 134 Å². The van der Waals surface area contributed by atoms with Crippen LogP contribution < -0.4 is 5.56 Å². The molecule has 1 aromatic heterocycles. The predicted octanol–water partition coefficient (Wildman–Crippen LogP) is 1.08. The number of aromatic nitrogens is 2. The Morgan fingerprint density at radius 3 is 3.04 bits per heavy atom. The van der Waals surface area contributed by atoms with Crippen molar-refractivity contribution in [2.45, 2.75) is 38.8 Å². The molecule has 1 N–H and O–H groups in total. The molecule has 1 atom stereocenters. The van der Waals surface area contributed by atoms with Crippen LogP contribution in [0.4, 0.5) is 0 Å². The first-order chi connectivity index (χ1) is 11.1. The van der Waals surface area contributed by atoms with Gasteiger partial charge in [0.05, 0.1) is 23.3 Å². The van der Waals surface area contributed by atoms with Gasteiger partial charge in [-0.3, -0.25) is 14.2 Å². The summed E-state index contributed by atoms with van der Waals surface area (Å²) in [6.45, 7) is 3.30. The van der Waals surface area contributed by atoms with Crippen molar-refractivity contribution < 1.29 is 9.90 Å². The second-order valence-corrected chi connectivity index (χ2v) is 6.10. The number of aliphatic hydroxyl groups excluding tert-OH is 1. The molecule has 2 aromatic rings. The predicted molar refractivity (Wildman–Crippen MR) is 87.2 cm³/mol. The minimum Gasteiger partial charge on any atom is -0.391 e. The van der Waals surface area contributed by atoms with E-state index in [-0.39, 0.29) is 17.9 Å². The Morgan fingerprint density at radius 2 is 2.26 bits per heavy atom. The number of carbonyl (C=O) groups is 1. The number of hydrogen-bond donors (Lipinski definition) is 1. The number of amides is 1. The lowest BCUT2D eigenvalue weighted by molar-refractivity contribution is -0.134. The van der Waals surface area contributed by atoms with Gasteiger partial charge in [-0.25, -0.2) is 4.98 Å². The summed E-state index contributed by atoms with van der Waals surface area (Å²) in [6.07, 6.45) is 2.89. The number of rotatable bonds is 3. The number of carbonyl (C=O) groups excluding carboxylic acids is 1. The van der Waals surface area contributed by atoms with Crippen molar-refractivity contribution in [1.29, 1.82) is 0 Å². The number of fused-ring (bicyclic) bond motifs is 1. The van der Waals surface area contributed by atoms with Crippen LogP contribution in [0.15, 0.2) is 29.3 Å². The highest BCUT2D eigenvalue weighted by Gasteiger charge is 2.21. The van der Waals surface area contributed by atoms with Crippen molar-refractivity contribution in [2.24, 2.45) is 0 Å². The smallest absolute Gasteiger partial charge is 0.261 e. The summed E-state index contributed by atoms with van der Waals surface area (Å²) < 4.78 is 1.49. The highest BCUT2D eigenvalue weighted by atomic mass is 16.3. The topological polar surface area (TPSA) is 75.4 Å². The van der Waals surface area contributed by atoms with Crippen molar-refractivity contribution in [1.82, 2.24) is 14.5 Å². The van der Waals surface area contributed by atoms with Crippen LogP contribution in [0.25, 0.3) is 10.9 Å². The SMILES string of the molecule is Cc1cccc2c(=O)n(CCC(=O)N3CCCC(O)C3)cnc12. The lowest BCUT2D eigenvalue weighted by Crippen LogP contribution is -2.42. The number of piperidine rings is 1. The Bertz CT molecular complexity index is 784. The molecule has 1 aliphatic heterocycles. The summed E-state index contributed by atoms with van der Waals surface area (Å²) in [5.74, 6) is -0.0278. The van der Waals surface area contributed by atoms with Gasteiger partial charge < -0.3 is 10.0 Å². The van der Waals surface area contributed by atoms with Gasteiger partial charge in [0.1, 0.15) is 0 Å². The van der Waals surface area contributed by atoms with Gasteiger partial charge in [-0.2, -0.15) is 0 Å². The second-order valence-electron chi connectivity index (χ2n) is 6.10. The molecule has 1 aromatic carbocycles. The van der Waals surface area contributed by atoms with E-state index in [1.165, 1.54) is 10.9 Å². The van der Waals surface area contributed by atoms with E-state index >= 15 is 0 Å². The van der Waals surface area contributed by atoms with Crippen molar-refractivity contribution in [3.05, 3.63) is 40.4 Å². The summed E-state index contributed by atoms with van der Waals surface area (Å²) in [7, 11) is 0. The van der Waals surface area contributed by atoms with Gasteiger partial charge in [-0.1, -0.05) is 12.1 Å². The van der Waals surface area contributed by atoms with Crippen LogP contribution in [0.1, 0.15) is 24.8 Å². The molecule has 23 heavy (non-hydrogen) atoms. The van der Waals surface area contributed by atoms with Gasteiger partial charge in [0.2, 0.25) is 5.91 Å². The van der Waals surface area contributed by atoms with Crippen LogP contribution in [0.5, 0.6) is 0 Å². The molecule has 1 unspecified atom stereocenters. The number of aliphatic hydroxyl groups is 1. The summed E-state index contributed by atoms with van der Waals surface area (Å²) in [5.41, 5.74) is 1.55. The summed E-state index contributed by atoms with van der Waals surface area (Å²) in [5, 5.41) is 10.2. The van der Waals surface area contributed by atoms with Crippen LogP contribution in [-0.4, -0.2) is 44.7 Å². The van der Waals surface area contributed by atoms with E-state index in [9.17, 15) is 14.7 Å². The summed E-state index contributed by atoms with van der Waals surface area (Å²) in [4.78, 5) is 30.7. The Hall–Kier alpha value is -2.21. The molecule has 2 heterocycles. The molecule has 6 heteroatoms. The molecule has 1 fully saturated rings. The van der Waals surface area contributed by atoms with Gasteiger partial charge in [-0.15, -0.1) is 0 Å². The third-order valence-electron chi connectivity index (χ3n) is 4.37. The number of nitrogens with zero attached hydrogens (tertiary/aromatic N) is 3. The maximum absolute atomic E-state index is 12.5. The normalized spacial score (nSPS) is 18.3. The monoisotopic (exact) mass is 315 g/mol. The molecular weight excluding hydrogens is 294 g/mol. The van der Waals surface area contributed by atoms with Crippen LogP contribution in [-0.2, 0) is 11.3 Å². The van der Waals surface area contributed by atoms with Crippen LogP contribution in [0.2, 0.25) is 0 Å². The van der Waals surface area contributed by atoms with Gasteiger partial charge >= 0.3 is 0 Å². The lowest BCUT2D eigenvalue weighted by atomic mass is 10.1. The zero-order chi connectivity index (χ0) is 16.4. The van der Waals surface area contributed by atoms with Crippen LogP contribution in [0.3, 0.4) is 0 Å². The first kappa shape index (κ1) is 15.7. The minimum absolute atomic E-state index is 0.0278. The van der Waals surface area contributed by atoms with Crippen molar-refractivity contribution >= 4 is 16.8 Å². The van der Waals surface area contributed by atoms with E-state index in [2.05, 4.69) is 4.98 Å². The van der Waals surface area contributed by atoms with E-state index in [4.69, 9.17) is 0 Å². The molecule has 3 rings (SSSR count). The van der Waals surface area contributed by atoms with E-state index in [0.29, 0.717) is 30.5 Å². The summed E-state index contributed by atoms with van der Waals surface area (Å²) >= 11 is 0. The molecule has 0 saturated carbocycles. The standard InChI is InChI=1S/C17H21N3O3/c1-12-4-2-6-14-16(12)18-11-20(17(14)23)9-7-15(22)19-8-3-5-13(21)10-19/h2,4,6,11,13,21H,3,5,7-10H2,1H3. The highest BCUT2D eigenvalue weighted by molar-refractivity contribution is 5.80. The molecule has 0 radical (unpaired) electrons. The van der Waals surface area contributed by atoms with Gasteiger partial charge in [0, 0.05) is 26.1 Å². The number of likely N-dealkylation sites (tertiary alicyclic amines) is 1. The molecule has 0 spiro atoms. The van der Waals surface area contributed by atoms with Gasteiger partial charge in [0.25, 0.3) is 5.56 Å². The zero-order valence-electron chi connectivity index (χ0n) is 13.2.